The Hall–Kier alpha value is -1.06. The molecule has 3 nitrogen and oxygen atoms in total. The Kier molecular flexibility index (Phi) is 4.61. The van der Waals surface area contributed by atoms with Crippen molar-refractivity contribution in [2.24, 2.45) is 5.92 Å². The van der Waals surface area contributed by atoms with Crippen molar-refractivity contribution in [3.05, 3.63) is 30.1 Å². The molecule has 0 aliphatic carbocycles. The molecule has 0 radical (unpaired) electrons. The zero-order valence-corrected chi connectivity index (χ0v) is 11.3. The van der Waals surface area contributed by atoms with Gasteiger partial charge in [-0.25, -0.2) is 4.98 Å². The topological polar surface area (TPSA) is 40.7 Å². The first-order valence-electron chi connectivity index (χ1n) is 6.55. The van der Waals surface area contributed by atoms with Crippen LogP contribution < -0.4 is 5.32 Å². The van der Waals surface area contributed by atoms with Crippen molar-refractivity contribution < 1.29 is 0 Å². The van der Waals surface area contributed by atoms with Gasteiger partial charge < -0.3 is 10.3 Å². The van der Waals surface area contributed by atoms with Crippen LogP contribution in [0.15, 0.2) is 24.4 Å². The van der Waals surface area contributed by atoms with Gasteiger partial charge in [-0.3, -0.25) is 0 Å². The van der Waals surface area contributed by atoms with Crippen molar-refractivity contribution >= 4 is 23.4 Å². The standard InChI is InChI=1S/C14H19N3.ClH/c1-2-11(5-8-15-7-1)10-13-4-3-12-6-9-16-14(12)17-13;/h3-4,6,9,11,15H,1-2,5,7-8,10H2,(H,16,17);1H. The number of nitrogens with one attached hydrogen (secondary N) is 2. The fourth-order valence-electron chi connectivity index (χ4n) is 2.68. The summed E-state index contributed by atoms with van der Waals surface area (Å²) < 4.78 is 0. The highest BCUT2D eigenvalue weighted by Crippen LogP contribution is 2.19. The van der Waals surface area contributed by atoms with Crippen LogP contribution in [0.25, 0.3) is 11.0 Å². The summed E-state index contributed by atoms with van der Waals surface area (Å²) in [6.07, 6.45) is 6.99. The second-order valence-corrected chi connectivity index (χ2v) is 4.97. The summed E-state index contributed by atoms with van der Waals surface area (Å²) in [5, 5.41) is 4.67. The highest BCUT2D eigenvalue weighted by Gasteiger charge is 2.13. The van der Waals surface area contributed by atoms with Crippen molar-refractivity contribution in [2.75, 3.05) is 13.1 Å². The number of fused-ring (bicyclic) bond motifs is 1. The zero-order chi connectivity index (χ0) is 11.5. The van der Waals surface area contributed by atoms with Gasteiger partial charge in [0.2, 0.25) is 0 Å². The van der Waals surface area contributed by atoms with Crippen LogP contribution in [0.3, 0.4) is 0 Å². The predicted octanol–water partition coefficient (Wildman–Crippen LogP) is 2.92. The molecule has 1 fully saturated rings. The summed E-state index contributed by atoms with van der Waals surface area (Å²) in [4.78, 5) is 7.87. The van der Waals surface area contributed by atoms with Crippen LogP contribution in [0.5, 0.6) is 0 Å². The number of hydrogen-bond donors (Lipinski definition) is 2. The molecule has 1 unspecified atom stereocenters. The smallest absolute Gasteiger partial charge is 0.137 e. The molecule has 2 aromatic heterocycles. The first kappa shape index (κ1) is 13.4. The molecule has 1 aliphatic heterocycles. The quantitative estimate of drug-likeness (QED) is 0.877. The molecular weight excluding hydrogens is 246 g/mol. The molecule has 0 aromatic carbocycles. The molecule has 4 heteroatoms. The molecule has 0 spiro atoms. The van der Waals surface area contributed by atoms with E-state index in [0.29, 0.717) is 0 Å². The lowest BCUT2D eigenvalue weighted by molar-refractivity contribution is 0.465. The molecule has 0 saturated carbocycles. The molecule has 3 rings (SSSR count). The van der Waals surface area contributed by atoms with Crippen molar-refractivity contribution in [1.82, 2.24) is 15.3 Å². The Morgan fingerprint density at radius 1 is 1.17 bits per heavy atom. The van der Waals surface area contributed by atoms with Gasteiger partial charge in [0.15, 0.2) is 0 Å². The minimum Gasteiger partial charge on any atom is -0.346 e. The Morgan fingerprint density at radius 3 is 3.06 bits per heavy atom. The van der Waals surface area contributed by atoms with Crippen molar-refractivity contribution in [1.29, 1.82) is 0 Å². The zero-order valence-electron chi connectivity index (χ0n) is 10.5. The Balaban J connectivity index is 0.00000120. The van der Waals surface area contributed by atoms with E-state index in [1.54, 1.807) is 0 Å². The monoisotopic (exact) mass is 265 g/mol. The maximum absolute atomic E-state index is 4.68. The second-order valence-electron chi connectivity index (χ2n) is 4.97. The highest BCUT2D eigenvalue weighted by molar-refractivity contribution is 5.85. The van der Waals surface area contributed by atoms with Crippen LogP contribution in [-0.2, 0) is 6.42 Å². The van der Waals surface area contributed by atoms with Gasteiger partial charge in [-0.05, 0) is 62.9 Å². The van der Waals surface area contributed by atoms with Crippen molar-refractivity contribution in [2.45, 2.75) is 25.7 Å². The summed E-state index contributed by atoms with van der Waals surface area (Å²) >= 11 is 0. The van der Waals surface area contributed by atoms with Crippen LogP contribution in [0.2, 0.25) is 0 Å². The minimum absolute atomic E-state index is 0. The van der Waals surface area contributed by atoms with Gasteiger partial charge in [-0.1, -0.05) is 0 Å². The number of aromatic nitrogens is 2. The lowest BCUT2D eigenvalue weighted by Crippen LogP contribution is -2.14. The van der Waals surface area contributed by atoms with E-state index in [0.717, 1.165) is 24.5 Å². The van der Waals surface area contributed by atoms with E-state index in [2.05, 4.69) is 33.5 Å². The van der Waals surface area contributed by atoms with E-state index in [4.69, 9.17) is 0 Å². The summed E-state index contributed by atoms with van der Waals surface area (Å²) in [5.41, 5.74) is 2.25. The third-order valence-corrected chi connectivity index (χ3v) is 3.66. The van der Waals surface area contributed by atoms with Crippen molar-refractivity contribution in [3.8, 4) is 0 Å². The average Bonchev–Trinajstić information content (AvgIpc) is 2.65. The van der Waals surface area contributed by atoms with Gasteiger partial charge in [0, 0.05) is 17.3 Å². The lowest BCUT2D eigenvalue weighted by Gasteiger charge is -2.12. The summed E-state index contributed by atoms with van der Waals surface area (Å²) in [6, 6.07) is 6.42. The number of halogens is 1. The number of hydrogen-bond acceptors (Lipinski definition) is 2. The minimum atomic E-state index is 0. The van der Waals surface area contributed by atoms with Crippen LogP contribution in [0.4, 0.5) is 0 Å². The van der Waals surface area contributed by atoms with E-state index in [-0.39, 0.29) is 12.4 Å². The van der Waals surface area contributed by atoms with E-state index in [1.807, 2.05) is 6.20 Å². The Bertz CT molecular complexity index is 486. The summed E-state index contributed by atoms with van der Waals surface area (Å²) in [6.45, 7) is 2.34. The van der Waals surface area contributed by atoms with Gasteiger partial charge in [0.25, 0.3) is 0 Å². The van der Waals surface area contributed by atoms with Crippen LogP contribution in [-0.4, -0.2) is 23.1 Å². The van der Waals surface area contributed by atoms with Gasteiger partial charge in [0.1, 0.15) is 5.65 Å². The molecule has 0 amide bonds. The number of rotatable bonds is 2. The fraction of sp³-hybridized carbons (Fsp3) is 0.500. The van der Waals surface area contributed by atoms with E-state index < -0.39 is 0 Å². The molecule has 1 saturated heterocycles. The summed E-state index contributed by atoms with van der Waals surface area (Å²) in [7, 11) is 0. The fourth-order valence-corrected chi connectivity index (χ4v) is 2.68. The number of H-pyrrole nitrogens is 1. The number of pyridine rings is 1. The van der Waals surface area contributed by atoms with Gasteiger partial charge in [0.05, 0.1) is 0 Å². The van der Waals surface area contributed by atoms with Gasteiger partial charge in [-0.2, -0.15) is 0 Å². The third kappa shape index (κ3) is 3.03. The maximum Gasteiger partial charge on any atom is 0.137 e. The molecular formula is C14H20ClN3. The molecule has 2 N–H and O–H groups in total. The molecule has 3 heterocycles. The van der Waals surface area contributed by atoms with E-state index in [1.165, 1.54) is 36.9 Å². The molecule has 1 aliphatic rings. The molecule has 0 bridgehead atoms. The largest absolute Gasteiger partial charge is 0.346 e. The number of aromatic amines is 1. The van der Waals surface area contributed by atoms with Gasteiger partial charge >= 0.3 is 0 Å². The van der Waals surface area contributed by atoms with Crippen LogP contribution in [0.1, 0.15) is 25.0 Å². The maximum atomic E-state index is 4.68. The summed E-state index contributed by atoms with van der Waals surface area (Å²) in [5.74, 6) is 0.796. The Labute approximate surface area is 114 Å². The predicted molar refractivity (Wildman–Crippen MR) is 77.3 cm³/mol. The van der Waals surface area contributed by atoms with Crippen LogP contribution in [0, 0.1) is 5.92 Å². The highest BCUT2D eigenvalue weighted by atomic mass is 35.5. The van der Waals surface area contributed by atoms with Crippen molar-refractivity contribution in [3.63, 3.8) is 0 Å². The number of nitrogens with zero attached hydrogens (tertiary/aromatic N) is 1. The molecule has 1 atom stereocenters. The van der Waals surface area contributed by atoms with Gasteiger partial charge in [-0.15, -0.1) is 12.4 Å². The average molecular weight is 266 g/mol. The lowest BCUT2D eigenvalue weighted by atomic mass is 9.95. The van der Waals surface area contributed by atoms with Crippen LogP contribution >= 0.6 is 12.4 Å². The first-order valence-corrected chi connectivity index (χ1v) is 6.55. The van der Waals surface area contributed by atoms with E-state index >= 15 is 0 Å². The second kappa shape index (κ2) is 6.21. The molecule has 18 heavy (non-hydrogen) atoms. The first-order chi connectivity index (χ1) is 8.42. The Morgan fingerprint density at radius 2 is 2.11 bits per heavy atom. The molecule has 2 aromatic rings. The third-order valence-electron chi connectivity index (χ3n) is 3.66. The normalized spacial score (nSPS) is 20.3. The molecule has 98 valence electrons. The van der Waals surface area contributed by atoms with E-state index in [9.17, 15) is 0 Å². The SMILES string of the molecule is Cl.c1cc2ccc(CC3CCCNCC3)nc2[nH]1.